The van der Waals surface area contributed by atoms with Crippen LogP contribution in [0.25, 0.3) is 11.0 Å². The molecule has 3 aromatic rings. The minimum absolute atomic E-state index is 0.179. The summed E-state index contributed by atoms with van der Waals surface area (Å²) in [6, 6.07) is 15.4. The molecule has 1 atom stereocenters. The largest absolute Gasteiger partial charge is 0.491 e. The third kappa shape index (κ3) is 4.90. The Labute approximate surface area is 175 Å². The van der Waals surface area contributed by atoms with E-state index in [1.807, 2.05) is 49.4 Å². The third-order valence-corrected chi connectivity index (χ3v) is 5.50. The number of morpholine rings is 1. The number of fused-ring (bicyclic) bond motifs is 1. The third-order valence-electron chi connectivity index (χ3n) is 5.50. The van der Waals surface area contributed by atoms with Crippen LogP contribution in [0.15, 0.2) is 57.7 Å². The van der Waals surface area contributed by atoms with E-state index in [1.165, 1.54) is 0 Å². The van der Waals surface area contributed by atoms with E-state index in [1.54, 1.807) is 6.07 Å². The monoisotopic (exact) mass is 409 g/mol. The summed E-state index contributed by atoms with van der Waals surface area (Å²) in [6.07, 6.45) is -0.0579. The molecule has 6 nitrogen and oxygen atoms in total. The standard InChI is InChI=1S/C24H27NO5/c1-17-21-8-7-20(29-16-19(26)15-25-9-11-28-12-10-25)14-23(21)30-24(27)22(17)13-18-5-3-2-4-6-18/h2-8,14,19,26H,9-13,15-16H2,1H3/t19-/m0/s1. The number of aryl methyl sites for hydroxylation is 1. The van der Waals surface area contributed by atoms with Gasteiger partial charge in [0.25, 0.3) is 0 Å². The van der Waals surface area contributed by atoms with E-state index in [0.29, 0.717) is 43.1 Å². The predicted molar refractivity (Wildman–Crippen MR) is 115 cm³/mol. The average molecular weight is 409 g/mol. The van der Waals surface area contributed by atoms with Gasteiger partial charge in [-0.2, -0.15) is 0 Å². The van der Waals surface area contributed by atoms with Crippen LogP contribution in [0.3, 0.4) is 0 Å². The van der Waals surface area contributed by atoms with Gasteiger partial charge in [-0.3, -0.25) is 4.90 Å². The van der Waals surface area contributed by atoms with Crippen molar-refractivity contribution < 1.29 is 19.0 Å². The molecule has 1 saturated heterocycles. The van der Waals surface area contributed by atoms with Crippen molar-refractivity contribution in [2.75, 3.05) is 39.5 Å². The number of hydrogen-bond donors (Lipinski definition) is 1. The quantitative estimate of drug-likeness (QED) is 0.605. The summed E-state index contributed by atoms with van der Waals surface area (Å²) in [6.45, 7) is 5.72. The van der Waals surface area contributed by atoms with Crippen LogP contribution in [-0.2, 0) is 11.2 Å². The molecule has 2 heterocycles. The Morgan fingerprint density at radius 2 is 1.90 bits per heavy atom. The molecule has 4 rings (SSSR count). The first-order valence-corrected chi connectivity index (χ1v) is 10.3. The zero-order valence-corrected chi connectivity index (χ0v) is 17.2. The molecule has 1 aliphatic rings. The number of aliphatic hydroxyl groups excluding tert-OH is 1. The van der Waals surface area contributed by atoms with Crippen LogP contribution < -0.4 is 10.4 Å². The van der Waals surface area contributed by atoms with Crippen LogP contribution in [0.2, 0.25) is 0 Å². The van der Waals surface area contributed by atoms with Gasteiger partial charge < -0.3 is 19.0 Å². The molecule has 1 fully saturated rings. The predicted octanol–water partition coefficient (Wildman–Crippen LogP) is 2.76. The van der Waals surface area contributed by atoms with Crippen molar-refractivity contribution in [1.82, 2.24) is 4.90 Å². The van der Waals surface area contributed by atoms with Crippen molar-refractivity contribution in [2.45, 2.75) is 19.4 Å². The number of rotatable bonds is 7. The number of benzene rings is 2. The Bertz CT molecular complexity index is 1040. The lowest BCUT2D eigenvalue weighted by Gasteiger charge is -2.28. The van der Waals surface area contributed by atoms with Crippen LogP contribution in [0.4, 0.5) is 0 Å². The zero-order chi connectivity index (χ0) is 20.9. The van der Waals surface area contributed by atoms with E-state index in [9.17, 15) is 9.90 Å². The Morgan fingerprint density at radius 3 is 2.67 bits per heavy atom. The van der Waals surface area contributed by atoms with E-state index < -0.39 is 6.10 Å². The zero-order valence-electron chi connectivity index (χ0n) is 17.2. The summed E-state index contributed by atoms with van der Waals surface area (Å²) < 4.78 is 16.7. The molecule has 1 aromatic heterocycles. The molecule has 0 saturated carbocycles. The molecule has 2 aromatic carbocycles. The molecule has 0 radical (unpaired) electrons. The number of aliphatic hydroxyl groups is 1. The second-order valence-electron chi connectivity index (χ2n) is 7.69. The van der Waals surface area contributed by atoms with Crippen molar-refractivity contribution in [3.63, 3.8) is 0 Å². The molecular weight excluding hydrogens is 382 g/mol. The van der Waals surface area contributed by atoms with Crippen LogP contribution in [0, 0.1) is 6.92 Å². The maximum absolute atomic E-state index is 12.6. The second-order valence-corrected chi connectivity index (χ2v) is 7.69. The van der Waals surface area contributed by atoms with Gasteiger partial charge in [-0.15, -0.1) is 0 Å². The highest BCUT2D eigenvalue weighted by atomic mass is 16.5. The fraction of sp³-hybridized carbons (Fsp3) is 0.375. The van der Waals surface area contributed by atoms with Crippen molar-refractivity contribution >= 4 is 11.0 Å². The van der Waals surface area contributed by atoms with Gasteiger partial charge in [0.05, 0.1) is 13.2 Å². The molecule has 1 aliphatic heterocycles. The topological polar surface area (TPSA) is 72.1 Å². The van der Waals surface area contributed by atoms with Crippen LogP contribution >= 0.6 is 0 Å². The van der Waals surface area contributed by atoms with Gasteiger partial charge >= 0.3 is 5.63 Å². The fourth-order valence-corrected chi connectivity index (χ4v) is 3.80. The SMILES string of the molecule is Cc1c(Cc2ccccc2)c(=O)oc2cc(OC[C@@H](O)CN3CCOCC3)ccc12. The molecule has 30 heavy (non-hydrogen) atoms. The Balaban J connectivity index is 1.46. The lowest BCUT2D eigenvalue weighted by atomic mass is 10.00. The summed E-state index contributed by atoms with van der Waals surface area (Å²) in [5.41, 5.74) is 2.83. The first-order chi connectivity index (χ1) is 14.6. The van der Waals surface area contributed by atoms with Gasteiger partial charge in [-0.25, -0.2) is 4.79 Å². The molecule has 0 spiro atoms. The molecule has 158 valence electrons. The van der Waals surface area contributed by atoms with Crippen LogP contribution in [-0.4, -0.2) is 55.6 Å². The van der Waals surface area contributed by atoms with Crippen LogP contribution in [0.5, 0.6) is 5.75 Å². The maximum Gasteiger partial charge on any atom is 0.340 e. The second kappa shape index (κ2) is 9.43. The van der Waals surface area contributed by atoms with Gasteiger partial charge in [-0.1, -0.05) is 30.3 Å². The van der Waals surface area contributed by atoms with E-state index >= 15 is 0 Å². The summed E-state index contributed by atoms with van der Waals surface area (Å²) in [5.74, 6) is 0.571. The molecule has 0 unspecified atom stereocenters. The van der Waals surface area contributed by atoms with Crippen molar-refractivity contribution in [2.24, 2.45) is 0 Å². The summed E-state index contributed by atoms with van der Waals surface area (Å²) in [4.78, 5) is 14.8. The number of nitrogens with zero attached hydrogens (tertiary/aromatic N) is 1. The molecule has 0 aliphatic carbocycles. The normalized spacial score (nSPS) is 15.9. The Morgan fingerprint density at radius 1 is 1.13 bits per heavy atom. The number of hydrogen-bond acceptors (Lipinski definition) is 6. The first-order valence-electron chi connectivity index (χ1n) is 10.3. The summed E-state index contributed by atoms with van der Waals surface area (Å²) in [7, 11) is 0. The molecular formula is C24H27NO5. The molecule has 6 heteroatoms. The van der Waals surface area contributed by atoms with Crippen molar-refractivity contribution in [1.29, 1.82) is 0 Å². The van der Waals surface area contributed by atoms with E-state index in [4.69, 9.17) is 13.9 Å². The van der Waals surface area contributed by atoms with E-state index in [2.05, 4.69) is 4.90 Å². The highest BCUT2D eigenvalue weighted by molar-refractivity contribution is 5.82. The molecule has 0 amide bonds. The Kier molecular flexibility index (Phi) is 6.47. The minimum Gasteiger partial charge on any atom is -0.491 e. The Hall–Kier alpha value is -2.67. The summed E-state index contributed by atoms with van der Waals surface area (Å²) in [5, 5.41) is 11.2. The highest BCUT2D eigenvalue weighted by Crippen LogP contribution is 2.25. The van der Waals surface area contributed by atoms with Crippen LogP contribution in [0.1, 0.15) is 16.7 Å². The van der Waals surface area contributed by atoms with Crippen molar-refractivity contribution in [3.8, 4) is 5.75 Å². The average Bonchev–Trinajstić information content (AvgIpc) is 2.76. The maximum atomic E-state index is 12.6. The van der Waals surface area contributed by atoms with Gasteiger partial charge in [0, 0.05) is 43.1 Å². The van der Waals surface area contributed by atoms with Gasteiger partial charge in [0.2, 0.25) is 0 Å². The summed E-state index contributed by atoms with van der Waals surface area (Å²) >= 11 is 0. The molecule has 1 N–H and O–H groups in total. The van der Waals surface area contributed by atoms with Crippen molar-refractivity contribution in [3.05, 3.63) is 75.6 Å². The van der Waals surface area contributed by atoms with Gasteiger partial charge in [-0.05, 0) is 30.2 Å². The number of β-amino-alcohol motifs (C(OH)–C–C–N with tert-alkyl or cyclic N) is 1. The fourth-order valence-electron chi connectivity index (χ4n) is 3.80. The van der Waals surface area contributed by atoms with Gasteiger partial charge in [0.1, 0.15) is 24.0 Å². The highest BCUT2D eigenvalue weighted by Gasteiger charge is 2.16. The van der Waals surface area contributed by atoms with E-state index in [-0.39, 0.29) is 12.2 Å². The number of ether oxygens (including phenoxy) is 2. The van der Waals surface area contributed by atoms with E-state index in [0.717, 1.165) is 29.6 Å². The minimum atomic E-state index is -0.596. The lowest BCUT2D eigenvalue weighted by Crippen LogP contribution is -2.42. The molecule has 0 bridgehead atoms. The first kappa shape index (κ1) is 20.6. The lowest BCUT2D eigenvalue weighted by molar-refractivity contribution is 0.00466. The van der Waals surface area contributed by atoms with Gasteiger partial charge in [0.15, 0.2) is 0 Å². The smallest absolute Gasteiger partial charge is 0.340 e.